The van der Waals surface area contributed by atoms with Crippen molar-refractivity contribution >= 4 is 35.0 Å². The molecule has 1 aliphatic carbocycles. The quantitative estimate of drug-likeness (QED) is 0.544. The Morgan fingerprint density at radius 3 is 2.38 bits per heavy atom. The molecule has 0 bridgehead atoms. The van der Waals surface area contributed by atoms with E-state index in [4.69, 9.17) is 27.9 Å². The molecule has 0 aromatic heterocycles. The number of morpholine rings is 1. The number of piperazine rings is 1. The summed E-state index contributed by atoms with van der Waals surface area (Å²) < 4.78 is 5.40. The summed E-state index contributed by atoms with van der Waals surface area (Å²) in [5.74, 6) is 0.512. The smallest absolute Gasteiger partial charge is 0.253 e. The number of halogens is 2. The van der Waals surface area contributed by atoms with Gasteiger partial charge in [0.25, 0.3) is 5.91 Å². The molecule has 2 amide bonds. The van der Waals surface area contributed by atoms with Crippen molar-refractivity contribution in [3.63, 3.8) is 0 Å². The highest BCUT2D eigenvalue weighted by atomic mass is 35.5. The van der Waals surface area contributed by atoms with Gasteiger partial charge in [0.2, 0.25) is 5.91 Å². The summed E-state index contributed by atoms with van der Waals surface area (Å²) in [6, 6.07) is 4.90. The molecule has 2 saturated heterocycles. The summed E-state index contributed by atoms with van der Waals surface area (Å²) >= 11 is 12.1. The molecule has 1 aromatic carbocycles. The fraction of sp³-hybridized carbons (Fsp3) is 0.680. The Balaban J connectivity index is 1.29. The lowest BCUT2D eigenvalue weighted by Gasteiger charge is -2.40. The van der Waals surface area contributed by atoms with Gasteiger partial charge in [-0.15, -0.1) is 0 Å². The topological polar surface area (TPSA) is 65.1 Å². The molecule has 1 aromatic rings. The number of amides is 2. The standard InChI is InChI=1S/C25H36Cl2N4O3/c26-21-7-6-20(18-22(21)27)25(33)31-12-10-30(11-13-31)23(19-4-1-2-5-19)24(32)28-8-3-9-29-14-16-34-17-15-29/h6-7,18-19,23H,1-5,8-17H2,(H,28,32)/t23-/m0/s1. The second-order valence-electron chi connectivity index (χ2n) is 9.55. The number of ether oxygens (including phenoxy) is 1. The molecule has 1 atom stereocenters. The van der Waals surface area contributed by atoms with Crippen molar-refractivity contribution in [2.75, 3.05) is 65.6 Å². The second kappa shape index (κ2) is 12.5. The highest BCUT2D eigenvalue weighted by Gasteiger charge is 2.37. The number of hydrogen-bond donors (Lipinski definition) is 1. The molecule has 2 aliphatic heterocycles. The minimum atomic E-state index is -0.104. The SMILES string of the molecule is O=C(NCCCN1CCOCC1)[C@H](C1CCCC1)N1CCN(C(=O)c2ccc(Cl)c(Cl)c2)CC1. The van der Waals surface area contributed by atoms with E-state index in [1.54, 1.807) is 18.2 Å². The molecule has 9 heteroatoms. The molecule has 3 aliphatic rings. The van der Waals surface area contributed by atoms with Crippen LogP contribution >= 0.6 is 23.2 Å². The van der Waals surface area contributed by atoms with Crippen molar-refractivity contribution < 1.29 is 14.3 Å². The molecule has 1 N–H and O–H groups in total. The lowest BCUT2D eigenvalue weighted by molar-refractivity contribution is -0.129. The molecule has 4 rings (SSSR count). The van der Waals surface area contributed by atoms with E-state index < -0.39 is 0 Å². The van der Waals surface area contributed by atoms with E-state index in [2.05, 4.69) is 15.1 Å². The molecule has 1 saturated carbocycles. The highest BCUT2D eigenvalue weighted by Crippen LogP contribution is 2.31. The van der Waals surface area contributed by atoms with Gasteiger partial charge in [0.05, 0.1) is 29.3 Å². The van der Waals surface area contributed by atoms with Crippen LogP contribution in [-0.4, -0.2) is 98.1 Å². The monoisotopic (exact) mass is 510 g/mol. The third kappa shape index (κ3) is 6.64. The van der Waals surface area contributed by atoms with Crippen molar-refractivity contribution in [1.29, 1.82) is 0 Å². The zero-order valence-electron chi connectivity index (χ0n) is 19.8. The Kier molecular flexibility index (Phi) is 9.48. The minimum Gasteiger partial charge on any atom is -0.379 e. The first-order valence-electron chi connectivity index (χ1n) is 12.6. The maximum atomic E-state index is 13.3. The lowest BCUT2D eigenvalue weighted by atomic mass is 9.95. The molecular weight excluding hydrogens is 475 g/mol. The van der Waals surface area contributed by atoms with Gasteiger partial charge in [-0.05, 0) is 49.9 Å². The van der Waals surface area contributed by atoms with Crippen molar-refractivity contribution in [3.05, 3.63) is 33.8 Å². The lowest BCUT2D eigenvalue weighted by Crippen LogP contribution is -2.58. The van der Waals surface area contributed by atoms with E-state index >= 15 is 0 Å². The average Bonchev–Trinajstić information content (AvgIpc) is 3.39. The first-order chi connectivity index (χ1) is 16.5. The van der Waals surface area contributed by atoms with Crippen molar-refractivity contribution in [3.8, 4) is 0 Å². The maximum absolute atomic E-state index is 13.3. The van der Waals surface area contributed by atoms with Crippen LogP contribution in [0.5, 0.6) is 0 Å². The maximum Gasteiger partial charge on any atom is 0.253 e. The van der Waals surface area contributed by atoms with E-state index in [9.17, 15) is 9.59 Å². The summed E-state index contributed by atoms with van der Waals surface area (Å²) in [6.07, 6.45) is 5.56. The third-order valence-corrected chi connectivity index (χ3v) is 8.07. The Hall–Kier alpha value is -1.38. The van der Waals surface area contributed by atoms with Gasteiger partial charge in [0.1, 0.15) is 0 Å². The van der Waals surface area contributed by atoms with Gasteiger partial charge in [-0.2, -0.15) is 0 Å². The Labute approximate surface area is 212 Å². The summed E-state index contributed by atoms with van der Waals surface area (Å²) in [7, 11) is 0. The van der Waals surface area contributed by atoms with Gasteiger partial charge in [-0.1, -0.05) is 36.0 Å². The van der Waals surface area contributed by atoms with Gasteiger partial charge in [0.15, 0.2) is 0 Å². The van der Waals surface area contributed by atoms with Crippen molar-refractivity contribution in [1.82, 2.24) is 20.0 Å². The fourth-order valence-electron chi connectivity index (χ4n) is 5.41. The largest absolute Gasteiger partial charge is 0.379 e. The number of carbonyl (C=O) groups is 2. The van der Waals surface area contributed by atoms with Gasteiger partial charge >= 0.3 is 0 Å². The number of hydrogen-bond acceptors (Lipinski definition) is 5. The van der Waals surface area contributed by atoms with Crippen LogP contribution in [0.15, 0.2) is 18.2 Å². The van der Waals surface area contributed by atoms with Crippen LogP contribution in [0, 0.1) is 5.92 Å². The molecule has 0 radical (unpaired) electrons. The molecule has 188 valence electrons. The molecule has 0 spiro atoms. The zero-order valence-corrected chi connectivity index (χ0v) is 21.3. The van der Waals surface area contributed by atoms with Crippen molar-refractivity contribution in [2.45, 2.75) is 38.1 Å². The predicted molar refractivity (Wildman–Crippen MR) is 135 cm³/mol. The average molecular weight is 511 g/mol. The summed E-state index contributed by atoms with van der Waals surface area (Å²) in [5.41, 5.74) is 0.549. The van der Waals surface area contributed by atoms with E-state index in [1.165, 1.54) is 12.8 Å². The molecule has 2 heterocycles. The zero-order chi connectivity index (χ0) is 23.9. The second-order valence-corrected chi connectivity index (χ2v) is 10.4. The van der Waals surface area contributed by atoms with Gasteiger partial charge in [-0.25, -0.2) is 0 Å². The van der Waals surface area contributed by atoms with Crippen LogP contribution < -0.4 is 5.32 Å². The Morgan fingerprint density at radius 2 is 1.71 bits per heavy atom. The van der Waals surface area contributed by atoms with Crippen LogP contribution in [0.25, 0.3) is 0 Å². The van der Waals surface area contributed by atoms with Crippen molar-refractivity contribution in [2.24, 2.45) is 5.92 Å². The molecular formula is C25H36Cl2N4O3. The molecule has 34 heavy (non-hydrogen) atoms. The van der Waals surface area contributed by atoms with E-state index in [1.807, 2.05) is 4.90 Å². The normalized spacial score (nSPS) is 21.5. The number of benzene rings is 1. The van der Waals surface area contributed by atoms with E-state index in [0.29, 0.717) is 54.3 Å². The summed E-state index contributed by atoms with van der Waals surface area (Å²) in [5, 5.41) is 4.05. The molecule has 7 nitrogen and oxygen atoms in total. The van der Waals surface area contributed by atoms with Crippen LogP contribution in [0.1, 0.15) is 42.5 Å². The van der Waals surface area contributed by atoms with E-state index in [0.717, 1.165) is 52.1 Å². The number of nitrogens with one attached hydrogen (secondary N) is 1. The minimum absolute atomic E-state index is 0.0387. The van der Waals surface area contributed by atoms with Crippen LogP contribution in [0.4, 0.5) is 0 Å². The first kappa shape index (κ1) is 25.7. The van der Waals surface area contributed by atoms with Crippen LogP contribution in [0.2, 0.25) is 10.0 Å². The molecule has 3 fully saturated rings. The first-order valence-corrected chi connectivity index (χ1v) is 13.3. The third-order valence-electron chi connectivity index (χ3n) is 7.33. The van der Waals surface area contributed by atoms with Crippen LogP contribution in [0.3, 0.4) is 0 Å². The fourth-order valence-corrected chi connectivity index (χ4v) is 5.71. The Bertz CT molecular complexity index is 835. The number of nitrogens with zero attached hydrogens (tertiary/aromatic N) is 3. The van der Waals surface area contributed by atoms with Gasteiger partial charge in [-0.3, -0.25) is 19.4 Å². The summed E-state index contributed by atoms with van der Waals surface area (Å²) in [6.45, 7) is 7.87. The van der Waals surface area contributed by atoms with Crippen LogP contribution in [-0.2, 0) is 9.53 Å². The highest BCUT2D eigenvalue weighted by molar-refractivity contribution is 6.42. The predicted octanol–water partition coefficient (Wildman–Crippen LogP) is 3.15. The molecule has 0 unspecified atom stereocenters. The number of rotatable bonds is 8. The van der Waals surface area contributed by atoms with E-state index in [-0.39, 0.29) is 17.9 Å². The summed E-state index contributed by atoms with van der Waals surface area (Å²) in [4.78, 5) is 32.8. The van der Waals surface area contributed by atoms with Gasteiger partial charge in [0, 0.05) is 51.4 Å². The van der Waals surface area contributed by atoms with Gasteiger partial charge < -0.3 is 15.0 Å². The number of carbonyl (C=O) groups excluding carboxylic acids is 2. The Morgan fingerprint density at radius 1 is 1.00 bits per heavy atom.